The summed E-state index contributed by atoms with van der Waals surface area (Å²) in [6.07, 6.45) is 3.92. The predicted octanol–water partition coefficient (Wildman–Crippen LogP) is 2.13. The number of aromatic nitrogens is 1. The standard InChI is InChI=1S/C10H9BrN2O/c1-6-5-13(7-2-3-7)10(14)8(4-12)9(6)11/h5,7H,2-3H2,1H3. The maximum atomic E-state index is 11.8. The summed E-state index contributed by atoms with van der Waals surface area (Å²) in [5.41, 5.74) is 0.984. The molecule has 1 heterocycles. The van der Waals surface area contributed by atoms with Crippen LogP contribution < -0.4 is 5.56 Å². The average Bonchev–Trinajstić information content (AvgIpc) is 2.96. The minimum atomic E-state index is -0.174. The first-order valence-electron chi connectivity index (χ1n) is 4.46. The zero-order valence-corrected chi connectivity index (χ0v) is 9.34. The molecule has 0 saturated heterocycles. The van der Waals surface area contributed by atoms with Crippen molar-refractivity contribution in [1.82, 2.24) is 4.57 Å². The number of aryl methyl sites for hydroxylation is 1. The molecule has 1 fully saturated rings. The van der Waals surface area contributed by atoms with Crippen LogP contribution in [0, 0.1) is 18.3 Å². The lowest BCUT2D eigenvalue weighted by Crippen LogP contribution is -2.22. The van der Waals surface area contributed by atoms with Gasteiger partial charge in [-0.25, -0.2) is 0 Å². The fraction of sp³-hybridized carbons (Fsp3) is 0.400. The highest BCUT2D eigenvalue weighted by Gasteiger charge is 2.26. The molecule has 0 atom stereocenters. The molecule has 1 aliphatic rings. The molecule has 0 unspecified atom stereocenters. The summed E-state index contributed by atoms with van der Waals surface area (Å²) in [5, 5.41) is 8.86. The Morgan fingerprint density at radius 1 is 1.64 bits per heavy atom. The lowest BCUT2D eigenvalue weighted by Gasteiger charge is -2.07. The van der Waals surface area contributed by atoms with Crippen LogP contribution >= 0.6 is 15.9 Å². The zero-order chi connectivity index (χ0) is 10.3. The number of nitrogens with zero attached hydrogens (tertiary/aromatic N) is 2. The summed E-state index contributed by atoms with van der Waals surface area (Å²) in [5.74, 6) is 0. The number of halogens is 1. The number of nitriles is 1. The van der Waals surface area contributed by atoms with Crippen LogP contribution in [0.25, 0.3) is 0 Å². The number of rotatable bonds is 1. The minimum Gasteiger partial charge on any atom is -0.311 e. The van der Waals surface area contributed by atoms with Crippen molar-refractivity contribution in [1.29, 1.82) is 5.26 Å². The van der Waals surface area contributed by atoms with Crippen molar-refractivity contribution >= 4 is 15.9 Å². The van der Waals surface area contributed by atoms with Crippen LogP contribution in [0.1, 0.15) is 30.0 Å². The largest absolute Gasteiger partial charge is 0.311 e. The van der Waals surface area contributed by atoms with E-state index in [0.29, 0.717) is 10.5 Å². The molecule has 1 aromatic rings. The maximum absolute atomic E-state index is 11.8. The van der Waals surface area contributed by atoms with Crippen LogP contribution in [0.5, 0.6) is 0 Å². The van der Waals surface area contributed by atoms with E-state index in [0.717, 1.165) is 18.4 Å². The Hall–Kier alpha value is -1.08. The molecular weight excluding hydrogens is 244 g/mol. The third-order valence-corrected chi connectivity index (χ3v) is 3.42. The molecule has 0 aliphatic heterocycles. The number of hydrogen-bond acceptors (Lipinski definition) is 2. The Morgan fingerprint density at radius 2 is 2.29 bits per heavy atom. The van der Waals surface area contributed by atoms with Crippen molar-refractivity contribution in [2.75, 3.05) is 0 Å². The van der Waals surface area contributed by atoms with Gasteiger partial charge in [-0.2, -0.15) is 5.26 Å². The third-order valence-electron chi connectivity index (χ3n) is 2.40. The van der Waals surface area contributed by atoms with E-state index in [1.807, 2.05) is 19.2 Å². The van der Waals surface area contributed by atoms with Gasteiger partial charge in [-0.15, -0.1) is 0 Å². The first kappa shape index (κ1) is 9.47. The molecule has 1 aromatic heterocycles. The van der Waals surface area contributed by atoms with E-state index in [9.17, 15) is 4.79 Å². The second-order valence-corrected chi connectivity index (χ2v) is 4.35. The van der Waals surface area contributed by atoms with Crippen LogP contribution in [-0.4, -0.2) is 4.57 Å². The van der Waals surface area contributed by atoms with Gasteiger partial charge in [-0.3, -0.25) is 4.79 Å². The minimum absolute atomic E-state index is 0.174. The summed E-state index contributed by atoms with van der Waals surface area (Å²) < 4.78 is 2.31. The normalized spacial score (nSPS) is 15.2. The smallest absolute Gasteiger partial charge is 0.269 e. The van der Waals surface area contributed by atoms with Gasteiger partial charge in [0.1, 0.15) is 11.6 Å². The Morgan fingerprint density at radius 3 is 2.79 bits per heavy atom. The lowest BCUT2D eigenvalue weighted by atomic mass is 10.2. The van der Waals surface area contributed by atoms with Gasteiger partial charge in [0.2, 0.25) is 0 Å². The number of pyridine rings is 1. The molecule has 1 aliphatic carbocycles. The van der Waals surface area contributed by atoms with E-state index in [2.05, 4.69) is 15.9 Å². The quantitative estimate of drug-likeness (QED) is 0.769. The van der Waals surface area contributed by atoms with E-state index < -0.39 is 0 Å². The Balaban J connectivity index is 2.71. The Kier molecular flexibility index (Phi) is 2.20. The van der Waals surface area contributed by atoms with Gasteiger partial charge in [-0.05, 0) is 41.3 Å². The fourth-order valence-electron chi connectivity index (χ4n) is 1.46. The van der Waals surface area contributed by atoms with Crippen molar-refractivity contribution < 1.29 is 0 Å². The number of hydrogen-bond donors (Lipinski definition) is 0. The summed E-state index contributed by atoms with van der Waals surface area (Å²) in [4.78, 5) is 11.8. The van der Waals surface area contributed by atoms with E-state index in [1.165, 1.54) is 0 Å². The van der Waals surface area contributed by atoms with Gasteiger partial charge in [-0.1, -0.05) is 0 Å². The molecular formula is C10H9BrN2O. The second-order valence-electron chi connectivity index (χ2n) is 3.56. The van der Waals surface area contributed by atoms with Crippen LogP contribution in [0.15, 0.2) is 15.5 Å². The summed E-state index contributed by atoms with van der Waals surface area (Å²) in [7, 11) is 0. The predicted molar refractivity (Wildman–Crippen MR) is 56.1 cm³/mol. The molecule has 14 heavy (non-hydrogen) atoms. The highest BCUT2D eigenvalue weighted by atomic mass is 79.9. The molecule has 0 amide bonds. The molecule has 2 rings (SSSR count). The van der Waals surface area contributed by atoms with E-state index in [-0.39, 0.29) is 11.1 Å². The van der Waals surface area contributed by atoms with Gasteiger partial charge in [0.15, 0.2) is 0 Å². The Bertz CT molecular complexity index is 480. The Labute approximate surface area is 90.1 Å². The molecule has 0 N–H and O–H groups in total. The SMILES string of the molecule is Cc1cn(C2CC2)c(=O)c(C#N)c1Br. The summed E-state index contributed by atoms with van der Waals surface area (Å²) in [6, 6.07) is 2.27. The van der Waals surface area contributed by atoms with Crippen molar-refractivity contribution in [3.8, 4) is 6.07 Å². The molecule has 4 heteroatoms. The first-order valence-corrected chi connectivity index (χ1v) is 5.25. The molecule has 0 radical (unpaired) electrons. The van der Waals surface area contributed by atoms with Crippen molar-refractivity contribution in [2.24, 2.45) is 0 Å². The van der Waals surface area contributed by atoms with E-state index in [4.69, 9.17) is 5.26 Å². The molecule has 72 valence electrons. The molecule has 0 spiro atoms. The second kappa shape index (κ2) is 3.25. The lowest BCUT2D eigenvalue weighted by molar-refractivity contribution is 0.699. The van der Waals surface area contributed by atoms with Gasteiger partial charge in [0, 0.05) is 16.7 Å². The first-order chi connectivity index (χ1) is 6.65. The summed E-state index contributed by atoms with van der Waals surface area (Å²) in [6.45, 7) is 1.89. The van der Waals surface area contributed by atoms with Crippen LogP contribution in [-0.2, 0) is 0 Å². The molecule has 1 saturated carbocycles. The van der Waals surface area contributed by atoms with E-state index >= 15 is 0 Å². The van der Waals surface area contributed by atoms with Crippen LogP contribution in [0.2, 0.25) is 0 Å². The fourth-order valence-corrected chi connectivity index (χ4v) is 1.83. The van der Waals surface area contributed by atoms with Gasteiger partial charge in [0.05, 0.1) is 0 Å². The van der Waals surface area contributed by atoms with Crippen LogP contribution in [0.3, 0.4) is 0 Å². The monoisotopic (exact) mass is 252 g/mol. The van der Waals surface area contributed by atoms with Crippen molar-refractivity contribution in [3.63, 3.8) is 0 Å². The van der Waals surface area contributed by atoms with Gasteiger partial charge >= 0.3 is 0 Å². The summed E-state index contributed by atoms with van der Waals surface area (Å²) >= 11 is 3.26. The molecule has 0 bridgehead atoms. The third kappa shape index (κ3) is 1.38. The molecule has 3 nitrogen and oxygen atoms in total. The van der Waals surface area contributed by atoms with Gasteiger partial charge < -0.3 is 4.57 Å². The van der Waals surface area contributed by atoms with Crippen molar-refractivity contribution in [2.45, 2.75) is 25.8 Å². The molecule has 0 aromatic carbocycles. The maximum Gasteiger partial charge on any atom is 0.269 e. The van der Waals surface area contributed by atoms with Crippen LogP contribution in [0.4, 0.5) is 0 Å². The van der Waals surface area contributed by atoms with E-state index in [1.54, 1.807) is 4.57 Å². The topological polar surface area (TPSA) is 45.8 Å². The highest BCUT2D eigenvalue weighted by Crippen LogP contribution is 2.34. The zero-order valence-electron chi connectivity index (χ0n) is 7.75. The van der Waals surface area contributed by atoms with Gasteiger partial charge in [0.25, 0.3) is 5.56 Å². The highest BCUT2D eigenvalue weighted by molar-refractivity contribution is 9.10. The van der Waals surface area contributed by atoms with Crippen molar-refractivity contribution in [3.05, 3.63) is 32.2 Å². The average molecular weight is 253 g/mol.